The number of ether oxygens (including phenoxy) is 1. The molecule has 4 heteroatoms. The van der Waals surface area contributed by atoms with Crippen molar-refractivity contribution in [2.45, 2.75) is 37.5 Å². The van der Waals surface area contributed by atoms with Gasteiger partial charge in [-0.3, -0.25) is 0 Å². The molecule has 2 fully saturated rings. The third-order valence-electron chi connectivity index (χ3n) is 3.98. The van der Waals surface area contributed by atoms with E-state index in [2.05, 4.69) is 5.32 Å². The lowest BCUT2D eigenvalue weighted by Crippen LogP contribution is -2.58. The highest BCUT2D eigenvalue weighted by Crippen LogP contribution is 2.38. The number of morpholine rings is 1. The number of hydrogen-bond donors (Lipinski definition) is 2. The fourth-order valence-corrected chi connectivity index (χ4v) is 3.23. The van der Waals surface area contributed by atoms with Crippen LogP contribution in [0.15, 0.2) is 18.2 Å². The van der Waals surface area contributed by atoms with E-state index in [0.29, 0.717) is 26.1 Å². The summed E-state index contributed by atoms with van der Waals surface area (Å²) in [5, 5.41) is 14.3. The standard InChI is InChI=1S/C14H18FNO2/c1-9-2-3-10(15)4-13(9)14(17)5-11-7-18-8-12(6-14)16-11/h2-4,11-12,16-17H,5-8H2,1H3. The summed E-state index contributed by atoms with van der Waals surface area (Å²) in [6.45, 7) is 3.15. The van der Waals surface area contributed by atoms with Crippen molar-refractivity contribution in [3.8, 4) is 0 Å². The maximum absolute atomic E-state index is 13.4. The number of benzene rings is 1. The molecule has 18 heavy (non-hydrogen) atoms. The van der Waals surface area contributed by atoms with E-state index in [0.717, 1.165) is 11.1 Å². The molecule has 2 atom stereocenters. The minimum Gasteiger partial charge on any atom is -0.385 e. The average Bonchev–Trinajstić information content (AvgIpc) is 2.31. The molecule has 1 aromatic rings. The lowest BCUT2D eigenvalue weighted by Gasteiger charge is -2.45. The number of rotatable bonds is 1. The van der Waals surface area contributed by atoms with Gasteiger partial charge in [0.15, 0.2) is 0 Å². The smallest absolute Gasteiger partial charge is 0.123 e. The Hall–Kier alpha value is -0.970. The van der Waals surface area contributed by atoms with Gasteiger partial charge in [-0.15, -0.1) is 0 Å². The summed E-state index contributed by atoms with van der Waals surface area (Å²) in [5.41, 5.74) is 0.733. The Balaban J connectivity index is 1.96. The van der Waals surface area contributed by atoms with Crippen LogP contribution in [-0.4, -0.2) is 30.4 Å². The number of aryl methyl sites for hydroxylation is 1. The number of halogens is 1. The lowest BCUT2D eigenvalue weighted by molar-refractivity contribution is -0.0806. The Labute approximate surface area is 106 Å². The van der Waals surface area contributed by atoms with E-state index in [-0.39, 0.29) is 17.9 Å². The van der Waals surface area contributed by atoms with Crippen LogP contribution in [0.25, 0.3) is 0 Å². The number of piperidine rings is 1. The SMILES string of the molecule is Cc1ccc(F)cc1C1(O)CC2COCC(C1)N2. The van der Waals surface area contributed by atoms with E-state index in [9.17, 15) is 9.50 Å². The van der Waals surface area contributed by atoms with Gasteiger partial charge in [0.05, 0.1) is 18.8 Å². The third kappa shape index (κ3) is 2.05. The molecule has 0 amide bonds. The third-order valence-corrected chi connectivity index (χ3v) is 3.98. The van der Waals surface area contributed by atoms with Gasteiger partial charge in [0, 0.05) is 12.1 Å². The Morgan fingerprint density at radius 3 is 2.67 bits per heavy atom. The van der Waals surface area contributed by atoms with Crippen LogP contribution >= 0.6 is 0 Å². The molecule has 0 saturated carbocycles. The van der Waals surface area contributed by atoms with Crippen LogP contribution in [0.3, 0.4) is 0 Å². The summed E-state index contributed by atoms with van der Waals surface area (Å²) in [6, 6.07) is 4.96. The van der Waals surface area contributed by atoms with Crippen molar-refractivity contribution in [3.63, 3.8) is 0 Å². The highest BCUT2D eigenvalue weighted by atomic mass is 19.1. The van der Waals surface area contributed by atoms with Gasteiger partial charge in [-0.25, -0.2) is 4.39 Å². The van der Waals surface area contributed by atoms with Gasteiger partial charge in [-0.2, -0.15) is 0 Å². The van der Waals surface area contributed by atoms with E-state index < -0.39 is 5.60 Å². The first-order valence-electron chi connectivity index (χ1n) is 6.40. The molecule has 2 aliphatic heterocycles. The predicted octanol–water partition coefficient (Wildman–Crippen LogP) is 1.47. The zero-order valence-electron chi connectivity index (χ0n) is 10.4. The minimum atomic E-state index is -0.934. The first-order chi connectivity index (χ1) is 8.57. The van der Waals surface area contributed by atoms with Crippen molar-refractivity contribution in [1.82, 2.24) is 5.32 Å². The summed E-state index contributed by atoms with van der Waals surface area (Å²) in [7, 11) is 0. The molecule has 2 heterocycles. The van der Waals surface area contributed by atoms with Crippen LogP contribution in [-0.2, 0) is 10.3 Å². The van der Waals surface area contributed by atoms with E-state index in [4.69, 9.17) is 4.74 Å². The highest BCUT2D eigenvalue weighted by Gasteiger charge is 2.43. The maximum Gasteiger partial charge on any atom is 0.123 e. The molecule has 3 rings (SSSR count). The normalized spacial score (nSPS) is 35.5. The lowest BCUT2D eigenvalue weighted by atomic mass is 9.76. The Kier molecular flexibility index (Phi) is 2.88. The Morgan fingerprint density at radius 1 is 1.33 bits per heavy atom. The van der Waals surface area contributed by atoms with Crippen molar-refractivity contribution in [3.05, 3.63) is 35.1 Å². The van der Waals surface area contributed by atoms with Crippen LogP contribution in [0, 0.1) is 12.7 Å². The fourth-order valence-electron chi connectivity index (χ4n) is 3.23. The summed E-state index contributed by atoms with van der Waals surface area (Å²) < 4.78 is 18.9. The van der Waals surface area contributed by atoms with Crippen LogP contribution in [0.2, 0.25) is 0 Å². The molecular formula is C14H18FNO2. The molecular weight excluding hydrogens is 233 g/mol. The van der Waals surface area contributed by atoms with Crippen molar-refractivity contribution >= 4 is 0 Å². The van der Waals surface area contributed by atoms with E-state index in [1.54, 1.807) is 6.07 Å². The van der Waals surface area contributed by atoms with Gasteiger partial charge in [-0.1, -0.05) is 6.07 Å². The topological polar surface area (TPSA) is 41.5 Å². The molecule has 2 aliphatic rings. The maximum atomic E-state index is 13.4. The second-order valence-corrected chi connectivity index (χ2v) is 5.50. The summed E-state index contributed by atoms with van der Waals surface area (Å²) in [4.78, 5) is 0. The van der Waals surface area contributed by atoms with Crippen LogP contribution in [0.1, 0.15) is 24.0 Å². The van der Waals surface area contributed by atoms with Crippen molar-refractivity contribution in [2.75, 3.05) is 13.2 Å². The summed E-state index contributed by atoms with van der Waals surface area (Å²) in [5.74, 6) is -0.288. The zero-order chi connectivity index (χ0) is 12.8. The van der Waals surface area contributed by atoms with Gasteiger partial charge >= 0.3 is 0 Å². The van der Waals surface area contributed by atoms with E-state index >= 15 is 0 Å². The molecule has 2 bridgehead atoms. The first kappa shape index (κ1) is 12.1. The fraction of sp³-hybridized carbons (Fsp3) is 0.571. The molecule has 2 unspecified atom stereocenters. The quantitative estimate of drug-likeness (QED) is 0.794. The molecule has 0 spiro atoms. The van der Waals surface area contributed by atoms with Gasteiger partial charge < -0.3 is 15.2 Å². The zero-order valence-corrected chi connectivity index (χ0v) is 10.4. The van der Waals surface area contributed by atoms with Crippen molar-refractivity contribution in [2.24, 2.45) is 0 Å². The van der Waals surface area contributed by atoms with Gasteiger partial charge in [0.25, 0.3) is 0 Å². The van der Waals surface area contributed by atoms with Crippen molar-refractivity contribution < 1.29 is 14.2 Å². The second-order valence-electron chi connectivity index (χ2n) is 5.50. The van der Waals surface area contributed by atoms with Crippen molar-refractivity contribution in [1.29, 1.82) is 0 Å². The van der Waals surface area contributed by atoms with Crippen LogP contribution in [0.5, 0.6) is 0 Å². The first-order valence-corrected chi connectivity index (χ1v) is 6.40. The number of hydrogen-bond acceptors (Lipinski definition) is 3. The van der Waals surface area contributed by atoms with Crippen LogP contribution in [0.4, 0.5) is 4.39 Å². The Morgan fingerprint density at radius 2 is 2.00 bits per heavy atom. The van der Waals surface area contributed by atoms with E-state index in [1.807, 2.05) is 6.92 Å². The molecule has 0 aliphatic carbocycles. The number of aliphatic hydroxyl groups is 1. The molecule has 2 saturated heterocycles. The molecule has 98 valence electrons. The average molecular weight is 251 g/mol. The van der Waals surface area contributed by atoms with E-state index in [1.165, 1.54) is 12.1 Å². The molecule has 0 aromatic heterocycles. The minimum absolute atomic E-state index is 0.158. The number of nitrogens with one attached hydrogen (secondary N) is 1. The highest BCUT2D eigenvalue weighted by molar-refractivity contribution is 5.33. The number of fused-ring (bicyclic) bond motifs is 2. The molecule has 1 aromatic carbocycles. The second kappa shape index (κ2) is 4.30. The molecule has 3 nitrogen and oxygen atoms in total. The monoisotopic (exact) mass is 251 g/mol. The van der Waals surface area contributed by atoms with Gasteiger partial charge in [0.1, 0.15) is 5.82 Å². The van der Waals surface area contributed by atoms with Gasteiger partial charge in [0.2, 0.25) is 0 Å². The van der Waals surface area contributed by atoms with Crippen LogP contribution < -0.4 is 5.32 Å². The Bertz CT molecular complexity index is 451. The largest absolute Gasteiger partial charge is 0.385 e. The predicted molar refractivity (Wildman–Crippen MR) is 65.8 cm³/mol. The summed E-state index contributed by atoms with van der Waals surface area (Å²) in [6.07, 6.45) is 1.15. The molecule has 2 N–H and O–H groups in total. The molecule has 0 radical (unpaired) electrons. The van der Waals surface area contributed by atoms with Gasteiger partial charge in [-0.05, 0) is 43.0 Å². The summed E-state index contributed by atoms with van der Waals surface area (Å²) >= 11 is 0.